The van der Waals surface area contributed by atoms with Crippen LogP contribution in [0.4, 0.5) is 13.2 Å². The van der Waals surface area contributed by atoms with Gasteiger partial charge in [0.1, 0.15) is 0 Å². The quantitative estimate of drug-likeness (QED) is 0.899. The molecule has 1 saturated carbocycles. The van der Waals surface area contributed by atoms with E-state index in [1.807, 2.05) is 0 Å². The Balaban J connectivity index is 1.96. The average Bonchev–Trinajstić information content (AvgIpc) is 2.45. The number of halogens is 3. The van der Waals surface area contributed by atoms with Crippen LogP contribution in [0.15, 0.2) is 18.5 Å². The molecule has 0 aliphatic heterocycles. The lowest BCUT2D eigenvalue weighted by Crippen LogP contribution is -2.36. The van der Waals surface area contributed by atoms with E-state index < -0.39 is 11.7 Å². The summed E-state index contributed by atoms with van der Waals surface area (Å²) in [5.41, 5.74) is 4.98. The number of hydrogen-bond acceptors (Lipinski definition) is 3. The van der Waals surface area contributed by atoms with Gasteiger partial charge in [-0.05, 0) is 31.7 Å². The Morgan fingerprint density at radius 3 is 2.62 bits per heavy atom. The van der Waals surface area contributed by atoms with Crippen LogP contribution in [-0.2, 0) is 17.5 Å². The van der Waals surface area contributed by atoms with Gasteiger partial charge in [-0.1, -0.05) is 0 Å². The second-order valence-corrected chi connectivity index (χ2v) is 5.36. The van der Waals surface area contributed by atoms with Crippen LogP contribution in [-0.4, -0.2) is 16.9 Å². The van der Waals surface area contributed by atoms with Crippen LogP contribution >= 0.6 is 0 Å². The summed E-state index contributed by atoms with van der Waals surface area (Å²) in [4.78, 5) is 15.7. The van der Waals surface area contributed by atoms with Gasteiger partial charge in [-0.25, -0.2) is 0 Å². The van der Waals surface area contributed by atoms with Crippen molar-refractivity contribution in [3.63, 3.8) is 0 Å². The third-order valence-corrected chi connectivity index (χ3v) is 3.80. The highest BCUT2D eigenvalue weighted by Gasteiger charge is 2.33. The fourth-order valence-electron chi connectivity index (χ4n) is 2.55. The molecule has 21 heavy (non-hydrogen) atoms. The van der Waals surface area contributed by atoms with Crippen LogP contribution in [0, 0.1) is 5.92 Å². The number of nitrogens with zero attached hydrogens (tertiary/aromatic N) is 1. The Morgan fingerprint density at radius 2 is 2.00 bits per heavy atom. The molecule has 1 fully saturated rings. The summed E-state index contributed by atoms with van der Waals surface area (Å²) in [6.07, 6.45) is 0.715. The average molecular weight is 301 g/mol. The van der Waals surface area contributed by atoms with Crippen LogP contribution < -0.4 is 11.1 Å². The molecule has 1 heterocycles. The number of carbonyl (C=O) groups excluding carboxylic acids is 1. The molecule has 0 unspecified atom stereocenters. The number of rotatable bonds is 3. The van der Waals surface area contributed by atoms with E-state index in [0.717, 1.165) is 31.3 Å². The normalized spacial score (nSPS) is 22.9. The third kappa shape index (κ3) is 4.17. The number of nitrogens with two attached hydrogens (primary N) is 1. The summed E-state index contributed by atoms with van der Waals surface area (Å²) in [6, 6.07) is 1.05. The predicted octanol–water partition coefficient (Wildman–Crippen LogP) is 2.23. The third-order valence-electron chi connectivity index (χ3n) is 3.80. The number of hydrogen-bond donors (Lipinski definition) is 2. The predicted molar refractivity (Wildman–Crippen MR) is 71.0 cm³/mol. The van der Waals surface area contributed by atoms with Gasteiger partial charge in [-0.15, -0.1) is 0 Å². The zero-order chi connectivity index (χ0) is 15.5. The van der Waals surface area contributed by atoms with Gasteiger partial charge in [-0.2, -0.15) is 13.2 Å². The van der Waals surface area contributed by atoms with Crippen molar-refractivity contribution in [2.45, 2.75) is 44.4 Å². The number of pyridine rings is 1. The molecular formula is C14H18F3N3O. The van der Waals surface area contributed by atoms with Gasteiger partial charge in [0, 0.05) is 36.5 Å². The highest BCUT2D eigenvalue weighted by Crippen LogP contribution is 2.31. The highest BCUT2D eigenvalue weighted by atomic mass is 19.4. The van der Waals surface area contributed by atoms with Crippen molar-refractivity contribution in [1.29, 1.82) is 0 Å². The maximum Gasteiger partial charge on any atom is 0.416 e. The second-order valence-electron chi connectivity index (χ2n) is 5.36. The van der Waals surface area contributed by atoms with Crippen molar-refractivity contribution >= 4 is 5.91 Å². The van der Waals surface area contributed by atoms with Crippen LogP contribution in [0.25, 0.3) is 0 Å². The lowest BCUT2D eigenvalue weighted by molar-refractivity contribution is -0.138. The molecule has 0 atom stereocenters. The number of amides is 1. The number of alkyl halides is 3. The number of nitrogens with one attached hydrogen (secondary N) is 1. The molecule has 0 bridgehead atoms. The summed E-state index contributed by atoms with van der Waals surface area (Å²) >= 11 is 0. The Labute approximate surface area is 120 Å². The number of carbonyl (C=O) groups is 1. The van der Waals surface area contributed by atoms with Gasteiger partial charge in [0.05, 0.1) is 5.56 Å². The molecule has 0 spiro atoms. The minimum atomic E-state index is -4.44. The van der Waals surface area contributed by atoms with E-state index in [4.69, 9.17) is 5.73 Å². The molecule has 0 radical (unpaired) electrons. The van der Waals surface area contributed by atoms with E-state index in [1.165, 1.54) is 0 Å². The lowest BCUT2D eigenvalue weighted by Gasteiger charge is -2.25. The van der Waals surface area contributed by atoms with Crippen molar-refractivity contribution in [2.24, 2.45) is 11.7 Å². The monoisotopic (exact) mass is 301 g/mol. The minimum absolute atomic E-state index is 0.0224. The van der Waals surface area contributed by atoms with Gasteiger partial charge in [-0.3, -0.25) is 9.78 Å². The molecule has 1 aliphatic rings. The molecule has 3 N–H and O–H groups in total. The first kappa shape index (κ1) is 15.8. The first-order valence-electron chi connectivity index (χ1n) is 6.91. The summed E-state index contributed by atoms with van der Waals surface area (Å²) < 4.78 is 38.4. The zero-order valence-corrected chi connectivity index (χ0v) is 11.5. The van der Waals surface area contributed by atoms with E-state index >= 15 is 0 Å². The van der Waals surface area contributed by atoms with Gasteiger partial charge in [0.15, 0.2) is 0 Å². The highest BCUT2D eigenvalue weighted by molar-refractivity contribution is 5.78. The Kier molecular flexibility index (Phi) is 4.82. The molecule has 0 saturated heterocycles. The Hall–Kier alpha value is -1.63. The number of aromatic nitrogens is 1. The molecule has 1 aliphatic carbocycles. The van der Waals surface area contributed by atoms with Crippen molar-refractivity contribution in [3.05, 3.63) is 29.6 Å². The fraction of sp³-hybridized carbons (Fsp3) is 0.571. The molecular weight excluding hydrogens is 283 g/mol. The largest absolute Gasteiger partial charge is 0.416 e. The zero-order valence-electron chi connectivity index (χ0n) is 11.5. The Morgan fingerprint density at radius 1 is 1.33 bits per heavy atom. The molecule has 1 aromatic heterocycles. The molecule has 0 aromatic carbocycles. The molecule has 1 amide bonds. The molecule has 116 valence electrons. The SMILES string of the molecule is N[C@H]1CC[C@@H](C(=O)NCc2cnccc2C(F)(F)F)CC1. The van der Waals surface area contributed by atoms with Gasteiger partial charge >= 0.3 is 6.18 Å². The first-order chi connectivity index (χ1) is 9.88. The van der Waals surface area contributed by atoms with Crippen molar-refractivity contribution < 1.29 is 18.0 Å². The topological polar surface area (TPSA) is 68.0 Å². The standard InChI is InChI=1S/C14H18F3N3O/c15-14(16,17)12-5-6-19-7-10(12)8-20-13(21)9-1-3-11(18)4-2-9/h5-7,9,11H,1-4,8,18H2,(H,20,21)/t9-,11+. The van der Waals surface area contributed by atoms with Crippen LogP contribution in [0.1, 0.15) is 36.8 Å². The van der Waals surface area contributed by atoms with E-state index in [9.17, 15) is 18.0 Å². The van der Waals surface area contributed by atoms with Gasteiger partial charge in [0.25, 0.3) is 0 Å². The summed E-state index contributed by atoms with van der Waals surface area (Å²) in [5.74, 6) is -0.366. The van der Waals surface area contributed by atoms with E-state index in [1.54, 1.807) is 0 Å². The summed E-state index contributed by atoms with van der Waals surface area (Å²) in [5, 5.41) is 2.58. The molecule has 1 aromatic rings. The first-order valence-corrected chi connectivity index (χ1v) is 6.91. The van der Waals surface area contributed by atoms with E-state index in [0.29, 0.717) is 12.8 Å². The lowest BCUT2D eigenvalue weighted by atomic mass is 9.86. The van der Waals surface area contributed by atoms with Crippen molar-refractivity contribution in [3.8, 4) is 0 Å². The smallest absolute Gasteiger partial charge is 0.352 e. The second kappa shape index (κ2) is 6.43. The fourth-order valence-corrected chi connectivity index (χ4v) is 2.55. The van der Waals surface area contributed by atoms with Crippen LogP contribution in [0.3, 0.4) is 0 Å². The Bertz CT molecular complexity index is 496. The summed E-state index contributed by atoms with van der Waals surface area (Å²) in [6.45, 7) is -0.163. The minimum Gasteiger partial charge on any atom is -0.352 e. The molecule has 7 heteroatoms. The maximum absolute atomic E-state index is 12.8. The summed E-state index contributed by atoms with van der Waals surface area (Å²) in [7, 11) is 0. The van der Waals surface area contributed by atoms with Crippen molar-refractivity contribution in [2.75, 3.05) is 0 Å². The van der Waals surface area contributed by atoms with Crippen LogP contribution in [0.2, 0.25) is 0 Å². The van der Waals surface area contributed by atoms with E-state index in [-0.39, 0.29) is 30.0 Å². The van der Waals surface area contributed by atoms with Gasteiger partial charge in [0.2, 0.25) is 5.91 Å². The van der Waals surface area contributed by atoms with Gasteiger partial charge < -0.3 is 11.1 Å². The van der Waals surface area contributed by atoms with Crippen LogP contribution in [0.5, 0.6) is 0 Å². The molecule has 2 rings (SSSR count). The van der Waals surface area contributed by atoms with Crippen molar-refractivity contribution in [1.82, 2.24) is 10.3 Å². The molecule has 4 nitrogen and oxygen atoms in total. The van der Waals surface area contributed by atoms with E-state index in [2.05, 4.69) is 10.3 Å². The maximum atomic E-state index is 12.8.